The maximum absolute atomic E-state index is 12.7. The molecular weight excluding hydrogens is 340 g/mol. The molecule has 0 unspecified atom stereocenters. The third-order valence-corrected chi connectivity index (χ3v) is 4.75. The first-order valence-corrected chi connectivity index (χ1v) is 9.06. The van der Waals surface area contributed by atoms with Crippen LogP contribution in [-0.2, 0) is 0 Å². The lowest BCUT2D eigenvalue weighted by Gasteiger charge is -2.35. The summed E-state index contributed by atoms with van der Waals surface area (Å²) >= 11 is 0. The lowest BCUT2D eigenvalue weighted by molar-refractivity contribution is 0.0746. The Labute approximate surface area is 158 Å². The van der Waals surface area contributed by atoms with E-state index in [2.05, 4.69) is 20.0 Å². The zero-order chi connectivity index (χ0) is 18.8. The molecule has 3 aromatic rings. The van der Waals surface area contributed by atoms with E-state index >= 15 is 0 Å². The number of aryl methyl sites for hydroxylation is 2. The van der Waals surface area contributed by atoms with E-state index in [9.17, 15) is 4.79 Å². The van der Waals surface area contributed by atoms with Crippen molar-refractivity contribution in [1.29, 1.82) is 0 Å². The topological polar surface area (TPSA) is 67.2 Å². The maximum Gasteiger partial charge on any atom is 0.253 e. The Kier molecular flexibility index (Phi) is 4.58. The van der Waals surface area contributed by atoms with Crippen LogP contribution in [0.25, 0.3) is 5.82 Å². The Morgan fingerprint density at radius 1 is 0.963 bits per heavy atom. The molecule has 0 atom stereocenters. The van der Waals surface area contributed by atoms with E-state index in [1.165, 1.54) is 0 Å². The lowest BCUT2D eigenvalue weighted by atomic mass is 10.1. The Morgan fingerprint density at radius 2 is 1.74 bits per heavy atom. The number of benzene rings is 1. The van der Waals surface area contributed by atoms with Gasteiger partial charge in [0.2, 0.25) is 0 Å². The third-order valence-electron chi connectivity index (χ3n) is 4.75. The molecule has 0 radical (unpaired) electrons. The van der Waals surface area contributed by atoms with Gasteiger partial charge in [-0.2, -0.15) is 5.10 Å². The Balaban J connectivity index is 1.44. The summed E-state index contributed by atoms with van der Waals surface area (Å²) in [6.45, 7) is 6.78. The van der Waals surface area contributed by atoms with E-state index in [1.807, 2.05) is 61.3 Å². The van der Waals surface area contributed by atoms with Gasteiger partial charge in [-0.05, 0) is 32.0 Å². The zero-order valence-corrected chi connectivity index (χ0v) is 15.5. The standard InChI is InChI=1S/C20H22N6O/c1-15-4-3-5-17(12-15)20(27)25-10-8-24(9-11-25)18-13-19(22-14-21-18)26-7-6-16(2)23-26/h3-7,12-14H,8-11H2,1-2H3. The molecule has 1 aliphatic rings. The van der Waals surface area contributed by atoms with Crippen LogP contribution < -0.4 is 4.90 Å². The van der Waals surface area contributed by atoms with E-state index in [0.29, 0.717) is 13.1 Å². The monoisotopic (exact) mass is 362 g/mol. The van der Waals surface area contributed by atoms with Crippen molar-refractivity contribution in [3.8, 4) is 5.82 Å². The van der Waals surface area contributed by atoms with Gasteiger partial charge >= 0.3 is 0 Å². The molecule has 1 saturated heterocycles. The number of aromatic nitrogens is 4. The van der Waals surface area contributed by atoms with Gasteiger partial charge in [-0.15, -0.1) is 0 Å². The second-order valence-corrected chi connectivity index (χ2v) is 6.78. The maximum atomic E-state index is 12.7. The summed E-state index contributed by atoms with van der Waals surface area (Å²) in [4.78, 5) is 25.5. The molecule has 1 fully saturated rings. The van der Waals surface area contributed by atoms with Crippen molar-refractivity contribution in [1.82, 2.24) is 24.6 Å². The van der Waals surface area contributed by atoms with Crippen molar-refractivity contribution in [2.45, 2.75) is 13.8 Å². The van der Waals surface area contributed by atoms with Crippen molar-refractivity contribution in [3.05, 3.63) is 65.7 Å². The van der Waals surface area contributed by atoms with Gasteiger partial charge in [-0.3, -0.25) is 4.79 Å². The fraction of sp³-hybridized carbons (Fsp3) is 0.300. The number of nitrogens with zero attached hydrogens (tertiary/aromatic N) is 6. The van der Waals surface area contributed by atoms with Gasteiger partial charge in [-0.25, -0.2) is 14.6 Å². The first-order chi connectivity index (χ1) is 13.1. The minimum absolute atomic E-state index is 0.0914. The summed E-state index contributed by atoms with van der Waals surface area (Å²) < 4.78 is 1.75. The van der Waals surface area contributed by atoms with Gasteiger partial charge in [0.25, 0.3) is 5.91 Å². The van der Waals surface area contributed by atoms with Crippen molar-refractivity contribution in [3.63, 3.8) is 0 Å². The first kappa shape index (κ1) is 17.2. The molecule has 1 aromatic carbocycles. The largest absolute Gasteiger partial charge is 0.353 e. The van der Waals surface area contributed by atoms with Crippen molar-refractivity contribution in [2.24, 2.45) is 0 Å². The molecule has 1 aliphatic heterocycles. The van der Waals surface area contributed by atoms with Crippen LogP contribution in [0.3, 0.4) is 0 Å². The van der Waals surface area contributed by atoms with Crippen LogP contribution in [0.4, 0.5) is 5.82 Å². The number of anilines is 1. The molecule has 7 nitrogen and oxygen atoms in total. The minimum Gasteiger partial charge on any atom is -0.353 e. The molecule has 3 heterocycles. The Hall–Kier alpha value is -3.22. The van der Waals surface area contributed by atoms with Gasteiger partial charge in [0, 0.05) is 44.0 Å². The zero-order valence-electron chi connectivity index (χ0n) is 15.5. The van der Waals surface area contributed by atoms with E-state index in [4.69, 9.17) is 0 Å². The van der Waals surface area contributed by atoms with Crippen molar-refractivity contribution < 1.29 is 4.79 Å². The molecule has 0 spiro atoms. The summed E-state index contributed by atoms with van der Waals surface area (Å²) in [5, 5.41) is 4.40. The molecule has 0 aliphatic carbocycles. The molecule has 7 heteroatoms. The SMILES string of the molecule is Cc1cccc(C(=O)N2CCN(c3cc(-n4ccc(C)n4)ncn3)CC2)c1. The number of rotatable bonds is 3. The highest BCUT2D eigenvalue weighted by atomic mass is 16.2. The summed E-state index contributed by atoms with van der Waals surface area (Å²) in [6, 6.07) is 11.6. The average Bonchev–Trinajstić information content (AvgIpc) is 3.14. The Morgan fingerprint density at radius 3 is 2.44 bits per heavy atom. The molecule has 27 heavy (non-hydrogen) atoms. The third kappa shape index (κ3) is 3.67. The molecule has 0 saturated carbocycles. The average molecular weight is 362 g/mol. The highest BCUT2D eigenvalue weighted by Crippen LogP contribution is 2.17. The highest BCUT2D eigenvalue weighted by Gasteiger charge is 2.23. The lowest BCUT2D eigenvalue weighted by Crippen LogP contribution is -2.49. The fourth-order valence-corrected chi connectivity index (χ4v) is 3.28. The van der Waals surface area contributed by atoms with Crippen LogP contribution in [0.15, 0.2) is 48.9 Å². The molecule has 2 aromatic heterocycles. The van der Waals surface area contributed by atoms with E-state index in [0.717, 1.165) is 41.5 Å². The summed E-state index contributed by atoms with van der Waals surface area (Å²) in [5.74, 6) is 1.69. The van der Waals surface area contributed by atoms with Crippen LogP contribution in [-0.4, -0.2) is 56.7 Å². The number of amides is 1. The number of carbonyl (C=O) groups excluding carboxylic acids is 1. The van der Waals surface area contributed by atoms with E-state index < -0.39 is 0 Å². The van der Waals surface area contributed by atoms with Crippen molar-refractivity contribution >= 4 is 11.7 Å². The molecule has 0 bridgehead atoms. The van der Waals surface area contributed by atoms with Gasteiger partial charge in [0.15, 0.2) is 5.82 Å². The molecule has 4 rings (SSSR count). The molecule has 0 N–H and O–H groups in total. The number of hydrogen-bond donors (Lipinski definition) is 0. The van der Waals surface area contributed by atoms with E-state index in [1.54, 1.807) is 11.0 Å². The van der Waals surface area contributed by atoms with Crippen molar-refractivity contribution in [2.75, 3.05) is 31.1 Å². The predicted molar refractivity (Wildman–Crippen MR) is 103 cm³/mol. The predicted octanol–water partition coefficient (Wildman–Crippen LogP) is 2.24. The molecule has 1 amide bonds. The van der Waals surface area contributed by atoms with Crippen LogP contribution >= 0.6 is 0 Å². The second-order valence-electron chi connectivity index (χ2n) is 6.78. The fourth-order valence-electron chi connectivity index (χ4n) is 3.28. The van der Waals surface area contributed by atoms with Gasteiger partial charge in [0.1, 0.15) is 12.1 Å². The van der Waals surface area contributed by atoms with Crippen LogP contribution in [0.2, 0.25) is 0 Å². The molecule has 138 valence electrons. The summed E-state index contributed by atoms with van der Waals surface area (Å²) in [5.41, 5.74) is 2.79. The normalized spacial score (nSPS) is 14.4. The second kappa shape index (κ2) is 7.19. The number of hydrogen-bond acceptors (Lipinski definition) is 5. The quantitative estimate of drug-likeness (QED) is 0.715. The van der Waals surface area contributed by atoms with Crippen LogP contribution in [0.5, 0.6) is 0 Å². The Bertz CT molecular complexity index is 958. The van der Waals surface area contributed by atoms with Gasteiger partial charge in [0.05, 0.1) is 5.69 Å². The van der Waals surface area contributed by atoms with Gasteiger partial charge in [-0.1, -0.05) is 17.7 Å². The van der Waals surface area contributed by atoms with Crippen LogP contribution in [0.1, 0.15) is 21.6 Å². The van der Waals surface area contributed by atoms with Crippen LogP contribution in [0, 0.1) is 13.8 Å². The summed E-state index contributed by atoms with van der Waals surface area (Å²) in [7, 11) is 0. The number of carbonyl (C=O) groups is 1. The minimum atomic E-state index is 0.0914. The highest BCUT2D eigenvalue weighted by molar-refractivity contribution is 5.94. The number of piperazine rings is 1. The smallest absolute Gasteiger partial charge is 0.253 e. The molecular formula is C20H22N6O. The first-order valence-electron chi connectivity index (χ1n) is 9.06. The van der Waals surface area contributed by atoms with E-state index in [-0.39, 0.29) is 5.91 Å². The summed E-state index contributed by atoms with van der Waals surface area (Å²) in [6.07, 6.45) is 3.45. The van der Waals surface area contributed by atoms with Gasteiger partial charge < -0.3 is 9.80 Å².